The van der Waals surface area contributed by atoms with Crippen LogP contribution in [0.1, 0.15) is 122 Å². The van der Waals surface area contributed by atoms with Crippen molar-refractivity contribution < 1.29 is 14.3 Å². The van der Waals surface area contributed by atoms with Crippen LogP contribution in [0.2, 0.25) is 0 Å². The van der Waals surface area contributed by atoms with Gasteiger partial charge in [-0.25, -0.2) is 0 Å². The Labute approximate surface area is 184 Å². The van der Waals surface area contributed by atoms with Gasteiger partial charge in [-0.1, -0.05) is 83.8 Å². The molecule has 2 unspecified atom stereocenters. The highest BCUT2D eigenvalue weighted by molar-refractivity contribution is 5.69. The minimum atomic E-state index is -0.00209. The first kappa shape index (κ1) is 24.8. The van der Waals surface area contributed by atoms with Crippen LogP contribution in [0.25, 0.3) is 0 Å². The molecule has 0 N–H and O–H groups in total. The van der Waals surface area contributed by atoms with E-state index in [4.69, 9.17) is 9.47 Å². The maximum atomic E-state index is 12.4. The minimum Gasteiger partial charge on any atom is -0.494 e. The lowest BCUT2D eigenvalue weighted by Crippen LogP contribution is -2.28. The molecular formula is C27H44O3. The summed E-state index contributed by atoms with van der Waals surface area (Å²) in [5, 5.41) is 0. The number of ether oxygens (including phenoxy) is 2. The van der Waals surface area contributed by atoms with Gasteiger partial charge < -0.3 is 9.47 Å². The van der Waals surface area contributed by atoms with Gasteiger partial charge >= 0.3 is 5.97 Å². The summed E-state index contributed by atoms with van der Waals surface area (Å²) >= 11 is 0. The van der Waals surface area contributed by atoms with Crippen LogP contribution in [0.15, 0.2) is 24.3 Å². The molecule has 2 rings (SSSR count). The molecule has 1 aliphatic rings. The second-order valence-corrected chi connectivity index (χ2v) is 8.92. The number of esters is 1. The summed E-state index contributed by atoms with van der Waals surface area (Å²) in [7, 11) is 0. The molecule has 1 aromatic carbocycles. The number of benzene rings is 1. The molecular weight excluding hydrogens is 372 g/mol. The summed E-state index contributed by atoms with van der Waals surface area (Å²) in [5.74, 6) is 1.25. The molecule has 3 heteroatoms. The highest BCUT2D eigenvalue weighted by atomic mass is 16.5. The van der Waals surface area contributed by atoms with Crippen molar-refractivity contribution in [3.05, 3.63) is 29.8 Å². The molecule has 0 spiro atoms. The Bertz CT molecular complexity index is 566. The van der Waals surface area contributed by atoms with Gasteiger partial charge in [-0.3, -0.25) is 4.79 Å². The van der Waals surface area contributed by atoms with Gasteiger partial charge in [-0.15, -0.1) is 0 Å². The summed E-state index contributed by atoms with van der Waals surface area (Å²) in [4.78, 5) is 12.4. The van der Waals surface area contributed by atoms with E-state index >= 15 is 0 Å². The number of hydrogen-bond acceptors (Lipinski definition) is 3. The molecule has 3 nitrogen and oxygen atoms in total. The standard InChI is InChI=1S/C27H44O3/c1-3-5-6-7-8-9-10-11-12-17-27(28)30-26-16-14-13-15-25(26)23-18-20-24(21-19-23)29-22-4-2/h18-21,25-26H,3-17,22H2,1-2H3. The van der Waals surface area contributed by atoms with Gasteiger partial charge in [0.25, 0.3) is 0 Å². The van der Waals surface area contributed by atoms with Gasteiger partial charge in [-0.05, 0) is 49.8 Å². The first-order valence-electron chi connectivity index (χ1n) is 12.7. The first-order valence-corrected chi connectivity index (χ1v) is 12.7. The Morgan fingerprint density at radius 1 is 0.833 bits per heavy atom. The zero-order valence-electron chi connectivity index (χ0n) is 19.5. The Morgan fingerprint density at radius 2 is 1.47 bits per heavy atom. The third kappa shape index (κ3) is 9.53. The van der Waals surface area contributed by atoms with E-state index in [1.54, 1.807) is 0 Å². The summed E-state index contributed by atoms with van der Waals surface area (Å²) in [5.41, 5.74) is 1.28. The molecule has 0 heterocycles. The fourth-order valence-corrected chi connectivity index (χ4v) is 4.46. The van der Waals surface area contributed by atoms with Crippen molar-refractivity contribution in [3.8, 4) is 5.75 Å². The first-order chi connectivity index (χ1) is 14.7. The highest BCUT2D eigenvalue weighted by Crippen LogP contribution is 2.36. The van der Waals surface area contributed by atoms with Crippen LogP contribution in [0.4, 0.5) is 0 Å². The molecule has 1 aliphatic carbocycles. The van der Waals surface area contributed by atoms with Crippen LogP contribution in [-0.2, 0) is 9.53 Å². The van der Waals surface area contributed by atoms with Crippen molar-refractivity contribution in [2.24, 2.45) is 0 Å². The van der Waals surface area contributed by atoms with Crippen LogP contribution in [0, 0.1) is 0 Å². The molecule has 30 heavy (non-hydrogen) atoms. The monoisotopic (exact) mass is 416 g/mol. The molecule has 2 atom stereocenters. The molecule has 170 valence electrons. The maximum Gasteiger partial charge on any atom is 0.306 e. The zero-order valence-corrected chi connectivity index (χ0v) is 19.5. The third-order valence-electron chi connectivity index (χ3n) is 6.25. The smallest absolute Gasteiger partial charge is 0.306 e. The van der Waals surface area contributed by atoms with Gasteiger partial charge in [0.15, 0.2) is 0 Å². The van der Waals surface area contributed by atoms with E-state index in [9.17, 15) is 4.79 Å². The third-order valence-corrected chi connectivity index (χ3v) is 6.25. The molecule has 0 aliphatic heterocycles. The van der Waals surface area contributed by atoms with Crippen LogP contribution < -0.4 is 4.74 Å². The van der Waals surface area contributed by atoms with Gasteiger partial charge in [0.1, 0.15) is 11.9 Å². The fraction of sp³-hybridized carbons (Fsp3) is 0.741. The van der Waals surface area contributed by atoms with Crippen molar-refractivity contribution >= 4 is 5.97 Å². The predicted molar refractivity (Wildman–Crippen MR) is 125 cm³/mol. The summed E-state index contributed by atoms with van der Waals surface area (Å²) < 4.78 is 11.7. The summed E-state index contributed by atoms with van der Waals surface area (Å²) in [6.45, 7) is 5.12. The molecule has 0 aromatic heterocycles. The lowest BCUT2D eigenvalue weighted by Gasteiger charge is -2.31. The van der Waals surface area contributed by atoms with E-state index in [-0.39, 0.29) is 12.1 Å². The summed E-state index contributed by atoms with van der Waals surface area (Å²) in [6, 6.07) is 8.42. The lowest BCUT2D eigenvalue weighted by atomic mass is 9.81. The topological polar surface area (TPSA) is 35.5 Å². The number of unbranched alkanes of at least 4 members (excludes halogenated alkanes) is 8. The quantitative estimate of drug-likeness (QED) is 0.215. The van der Waals surface area contributed by atoms with Crippen LogP contribution >= 0.6 is 0 Å². The van der Waals surface area contributed by atoms with Gasteiger partial charge in [0.2, 0.25) is 0 Å². The van der Waals surface area contributed by atoms with E-state index in [1.807, 2.05) is 0 Å². The number of hydrogen-bond donors (Lipinski definition) is 0. The lowest BCUT2D eigenvalue weighted by molar-refractivity contribution is -0.151. The highest BCUT2D eigenvalue weighted by Gasteiger charge is 2.29. The minimum absolute atomic E-state index is 0.00209. The molecule has 0 bridgehead atoms. The second kappa shape index (κ2) is 15.3. The Morgan fingerprint density at radius 3 is 2.13 bits per heavy atom. The van der Waals surface area contributed by atoms with Crippen molar-refractivity contribution in [3.63, 3.8) is 0 Å². The van der Waals surface area contributed by atoms with E-state index < -0.39 is 0 Å². The van der Waals surface area contributed by atoms with Crippen molar-refractivity contribution in [2.45, 2.75) is 122 Å². The molecule has 1 saturated carbocycles. The Balaban J connectivity index is 1.68. The molecule has 0 saturated heterocycles. The summed E-state index contributed by atoms with van der Waals surface area (Å²) in [6.07, 6.45) is 17.5. The molecule has 0 radical (unpaired) electrons. The predicted octanol–water partition coefficient (Wildman–Crippen LogP) is 7.97. The van der Waals surface area contributed by atoms with Crippen molar-refractivity contribution in [1.82, 2.24) is 0 Å². The van der Waals surface area contributed by atoms with Gasteiger partial charge in [-0.2, -0.15) is 0 Å². The molecule has 1 aromatic rings. The van der Waals surface area contributed by atoms with Gasteiger partial charge in [0.05, 0.1) is 6.61 Å². The number of carbonyl (C=O) groups is 1. The van der Waals surface area contributed by atoms with E-state index in [0.29, 0.717) is 12.3 Å². The van der Waals surface area contributed by atoms with E-state index in [2.05, 4.69) is 38.1 Å². The average molecular weight is 417 g/mol. The normalized spacial score (nSPS) is 18.9. The number of carbonyl (C=O) groups excluding carboxylic acids is 1. The fourth-order valence-electron chi connectivity index (χ4n) is 4.46. The maximum absolute atomic E-state index is 12.4. The van der Waals surface area contributed by atoms with Crippen LogP contribution in [0.3, 0.4) is 0 Å². The number of rotatable bonds is 15. The van der Waals surface area contributed by atoms with Gasteiger partial charge in [0, 0.05) is 12.3 Å². The largest absolute Gasteiger partial charge is 0.494 e. The Kier molecular flexibility index (Phi) is 12.6. The van der Waals surface area contributed by atoms with Crippen LogP contribution in [-0.4, -0.2) is 18.7 Å². The van der Waals surface area contributed by atoms with Crippen LogP contribution in [0.5, 0.6) is 5.75 Å². The van der Waals surface area contributed by atoms with E-state index in [0.717, 1.165) is 50.9 Å². The average Bonchev–Trinajstić information content (AvgIpc) is 2.77. The molecule has 1 fully saturated rings. The second-order valence-electron chi connectivity index (χ2n) is 8.92. The SMILES string of the molecule is CCCCCCCCCCCC(=O)OC1CCCCC1c1ccc(OCCC)cc1. The molecule has 0 amide bonds. The van der Waals surface area contributed by atoms with E-state index in [1.165, 1.54) is 56.9 Å². The van der Waals surface area contributed by atoms with Crippen molar-refractivity contribution in [2.75, 3.05) is 6.61 Å². The zero-order chi connectivity index (χ0) is 21.4. The Hall–Kier alpha value is -1.51. The van der Waals surface area contributed by atoms with Crippen molar-refractivity contribution in [1.29, 1.82) is 0 Å².